The molecule has 0 unspecified atom stereocenters. The van der Waals surface area contributed by atoms with E-state index in [2.05, 4.69) is 9.98 Å². The highest BCUT2D eigenvalue weighted by Gasteiger charge is 2.52. The Morgan fingerprint density at radius 2 is 1.94 bits per heavy atom. The van der Waals surface area contributed by atoms with Gasteiger partial charge in [-0.25, -0.2) is 0 Å². The number of pyridine rings is 1. The molecule has 1 aromatic rings. The Kier molecular flexibility index (Phi) is 2.93. The second kappa shape index (κ2) is 4.40. The maximum Gasteiger partial charge on any atom is 0.327 e. The van der Waals surface area contributed by atoms with Crippen LogP contribution in [0.1, 0.15) is 12.1 Å². The fourth-order valence-corrected chi connectivity index (χ4v) is 1.82. The molecule has 18 heavy (non-hydrogen) atoms. The van der Waals surface area contributed by atoms with Gasteiger partial charge in [0, 0.05) is 12.4 Å². The molecule has 1 aliphatic heterocycles. The summed E-state index contributed by atoms with van der Waals surface area (Å²) in [6.45, 7) is 0. The van der Waals surface area contributed by atoms with Crippen LogP contribution in [0.2, 0.25) is 0 Å². The van der Waals surface area contributed by atoms with Crippen molar-refractivity contribution in [2.45, 2.75) is 6.42 Å². The van der Waals surface area contributed by atoms with E-state index in [9.17, 15) is 19.8 Å². The van der Waals surface area contributed by atoms with Crippen LogP contribution in [0.3, 0.4) is 0 Å². The van der Waals surface area contributed by atoms with Crippen LogP contribution in [0.5, 0.6) is 0 Å². The summed E-state index contributed by atoms with van der Waals surface area (Å²) in [6.07, 6.45) is 4.14. The number of allylic oxidation sites excluding steroid dienone is 1. The van der Waals surface area contributed by atoms with Crippen LogP contribution in [0.4, 0.5) is 0 Å². The second-order valence-corrected chi connectivity index (χ2v) is 3.80. The van der Waals surface area contributed by atoms with E-state index in [1.807, 2.05) is 0 Å². The first kappa shape index (κ1) is 12.0. The highest BCUT2D eigenvalue weighted by Crippen LogP contribution is 2.31. The number of carboxylic acids is 2. The van der Waals surface area contributed by atoms with Crippen molar-refractivity contribution < 1.29 is 19.8 Å². The molecule has 0 fully saturated rings. The number of carboxylic acid groups (broad SMARTS) is 2. The maximum absolute atomic E-state index is 11.4. The Labute approximate surface area is 102 Å². The van der Waals surface area contributed by atoms with Crippen molar-refractivity contribution in [3.63, 3.8) is 0 Å². The molecule has 6 nitrogen and oxygen atoms in total. The predicted octanol–water partition coefficient (Wildman–Crippen LogP) is 0.944. The number of aromatic nitrogens is 1. The van der Waals surface area contributed by atoms with Crippen molar-refractivity contribution in [2.24, 2.45) is 10.4 Å². The van der Waals surface area contributed by atoms with E-state index in [0.29, 0.717) is 0 Å². The van der Waals surface area contributed by atoms with Crippen LogP contribution in [0, 0.1) is 5.41 Å². The molecule has 0 aromatic carbocycles. The van der Waals surface area contributed by atoms with Gasteiger partial charge in [0.15, 0.2) is 0 Å². The van der Waals surface area contributed by atoms with E-state index in [1.165, 1.54) is 18.5 Å². The topological polar surface area (TPSA) is 99.8 Å². The normalized spacial score (nSPS) is 17.0. The Bertz CT molecular complexity index is 534. The molecule has 0 bridgehead atoms. The van der Waals surface area contributed by atoms with E-state index in [1.54, 1.807) is 18.2 Å². The van der Waals surface area contributed by atoms with Crippen molar-refractivity contribution in [1.82, 2.24) is 4.98 Å². The number of aliphatic carboxylic acids is 2. The molecule has 2 N–H and O–H groups in total. The molecule has 0 saturated carbocycles. The first-order chi connectivity index (χ1) is 8.59. The lowest BCUT2D eigenvalue weighted by Crippen LogP contribution is -2.47. The molecule has 92 valence electrons. The van der Waals surface area contributed by atoms with Gasteiger partial charge in [0.1, 0.15) is 0 Å². The first-order valence-corrected chi connectivity index (χ1v) is 5.20. The summed E-state index contributed by atoms with van der Waals surface area (Å²) in [5.74, 6) is -2.88. The number of hydrogen-bond acceptors (Lipinski definition) is 4. The molecule has 1 aliphatic rings. The van der Waals surface area contributed by atoms with Gasteiger partial charge >= 0.3 is 11.9 Å². The lowest BCUT2D eigenvalue weighted by atomic mass is 9.77. The average molecular weight is 246 g/mol. The van der Waals surface area contributed by atoms with Gasteiger partial charge in [0.2, 0.25) is 5.41 Å². The minimum Gasteiger partial charge on any atom is -0.480 e. The summed E-state index contributed by atoms with van der Waals surface area (Å²) >= 11 is 0. The van der Waals surface area contributed by atoms with Crippen LogP contribution in [0.15, 0.2) is 41.7 Å². The summed E-state index contributed by atoms with van der Waals surface area (Å²) in [5.41, 5.74) is -1.86. The van der Waals surface area contributed by atoms with Gasteiger partial charge in [0.25, 0.3) is 0 Å². The van der Waals surface area contributed by atoms with Crippen molar-refractivity contribution in [3.05, 3.63) is 42.4 Å². The van der Waals surface area contributed by atoms with Gasteiger partial charge in [-0.3, -0.25) is 19.6 Å². The number of aliphatic imine (C=N–C) groups is 1. The number of carbonyl (C=O) groups is 2. The van der Waals surface area contributed by atoms with Gasteiger partial charge in [-0.1, -0.05) is 12.1 Å². The molecule has 1 aromatic heterocycles. The fraction of sp³-hybridized carbons (Fsp3) is 0.167. The third kappa shape index (κ3) is 1.67. The number of rotatable bonds is 3. The van der Waals surface area contributed by atoms with Crippen LogP contribution < -0.4 is 0 Å². The second-order valence-electron chi connectivity index (χ2n) is 3.80. The first-order valence-electron chi connectivity index (χ1n) is 5.20. The van der Waals surface area contributed by atoms with E-state index >= 15 is 0 Å². The average Bonchev–Trinajstić information content (AvgIpc) is 2.39. The van der Waals surface area contributed by atoms with Crippen LogP contribution in [-0.4, -0.2) is 32.8 Å². The van der Waals surface area contributed by atoms with Gasteiger partial charge in [-0.2, -0.15) is 0 Å². The highest BCUT2D eigenvalue weighted by atomic mass is 16.4. The third-order valence-corrected chi connectivity index (χ3v) is 2.78. The molecule has 0 amide bonds. The third-order valence-electron chi connectivity index (χ3n) is 2.78. The summed E-state index contributed by atoms with van der Waals surface area (Å²) in [7, 11) is 0. The smallest absolute Gasteiger partial charge is 0.327 e. The molecule has 0 radical (unpaired) electrons. The van der Waals surface area contributed by atoms with Gasteiger partial charge in [-0.05, 0) is 18.6 Å². The molecule has 2 heterocycles. The molecule has 0 spiro atoms. The van der Waals surface area contributed by atoms with E-state index in [0.717, 1.165) is 0 Å². The van der Waals surface area contributed by atoms with E-state index in [4.69, 9.17) is 0 Å². The standard InChI is InChI=1S/C12H10N2O4/c15-10(16)12(11(17)18)5-3-7-14-9(12)8-4-1-2-6-13-8/h1-4,6-7H,5H2,(H,15,16)(H,17,18). The Balaban J connectivity index is 2.61. The quantitative estimate of drug-likeness (QED) is 0.773. The number of hydrogen-bond donors (Lipinski definition) is 2. The molecule has 6 heteroatoms. The lowest BCUT2D eigenvalue weighted by Gasteiger charge is -2.26. The molecular formula is C12H10N2O4. The Morgan fingerprint density at radius 3 is 2.50 bits per heavy atom. The zero-order valence-corrected chi connectivity index (χ0v) is 9.28. The van der Waals surface area contributed by atoms with Gasteiger partial charge < -0.3 is 10.2 Å². The zero-order chi connectivity index (χ0) is 13.2. The van der Waals surface area contributed by atoms with Gasteiger partial charge in [-0.15, -0.1) is 0 Å². The van der Waals surface area contributed by atoms with Crippen LogP contribution in [-0.2, 0) is 9.59 Å². The molecular weight excluding hydrogens is 236 g/mol. The predicted molar refractivity (Wildman–Crippen MR) is 62.2 cm³/mol. The summed E-state index contributed by atoms with van der Waals surface area (Å²) in [6, 6.07) is 4.85. The molecule has 0 saturated heterocycles. The van der Waals surface area contributed by atoms with Crippen LogP contribution >= 0.6 is 0 Å². The minimum atomic E-state index is -2.07. The Morgan fingerprint density at radius 1 is 1.22 bits per heavy atom. The summed E-state index contributed by atoms with van der Waals surface area (Å²) < 4.78 is 0. The van der Waals surface area contributed by atoms with Crippen molar-refractivity contribution in [3.8, 4) is 0 Å². The SMILES string of the molecule is O=C(O)C1(C(=O)O)CC=CN=C1c1ccccn1. The van der Waals surface area contributed by atoms with Crippen molar-refractivity contribution >= 4 is 17.7 Å². The minimum absolute atomic E-state index is 0.0504. The van der Waals surface area contributed by atoms with Gasteiger partial charge in [0.05, 0.1) is 11.4 Å². The van der Waals surface area contributed by atoms with Crippen LogP contribution in [0.25, 0.3) is 0 Å². The summed E-state index contributed by atoms with van der Waals surface area (Å²) in [4.78, 5) is 30.6. The Hall–Kier alpha value is -2.50. The number of nitrogens with zero attached hydrogens (tertiary/aromatic N) is 2. The summed E-state index contributed by atoms with van der Waals surface area (Å²) in [5, 5.41) is 18.5. The molecule has 0 aliphatic carbocycles. The van der Waals surface area contributed by atoms with E-state index < -0.39 is 17.4 Å². The van der Waals surface area contributed by atoms with Crippen molar-refractivity contribution in [1.29, 1.82) is 0 Å². The molecule has 2 rings (SSSR count). The highest BCUT2D eigenvalue weighted by molar-refractivity contribution is 6.26. The monoisotopic (exact) mass is 246 g/mol. The maximum atomic E-state index is 11.4. The van der Waals surface area contributed by atoms with E-state index in [-0.39, 0.29) is 17.8 Å². The molecule has 0 atom stereocenters. The fourth-order valence-electron chi connectivity index (χ4n) is 1.82. The van der Waals surface area contributed by atoms with Crippen molar-refractivity contribution in [2.75, 3.05) is 0 Å². The zero-order valence-electron chi connectivity index (χ0n) is 9.28. The lowest BCUT2D eigenvalue weighted by molar-refractivity contribution is -0.158. The largest absolute Gasteiger partial charge is 0.480 e.